The maximum atomic E-state index is 13.2. The summed E-state index contributed by atoms with van der Waals surface area (Å²) < 4.78 is 13.2. The van der Waals surface area contributed by atoms with Gasteiger partial charge in [0.25, 0.3) is 17.7 Å². The molecule has 3 aromatic rings. The second-order valence-electron chi connectivity index (χ2n) is 6.63. The van der Waals surface area contributed by atoms with Crippen molar-refractivity contribution in [1.82, 2.24) is 0 Å². The molecule has 1 aliphatic heterocycles. The Balaban J connectivity index is 1.48. The molecule has 0 unspecified atom stereocenters. The Morgan fingerprint density at radius 1 is 0.806 bits per heavy atom. The Morgan fingerprint density at radius 3 is 2.10 bits per heavy atom. The Kier molecular flexibility index (Phi) is 5.51. The van der Waals surface area contributed by atoms with Crippen LogP contribution in [0.1, 0.15) is 10.4 Å². The zero-order chi connectivity index (χ0) is 22.0. The molecular weight excluding hydrogens is 421 g/mol. The number of hydrogen-bond acceptors (Lipinski definition) is 4. The lowest BCUT2D eigenvalue weighted by Crippen LogP contribution is -2.32. The van der Waals surface area contributed by atoms with E-state index in [1.54, 1.807) is 36.4 Å². The molecule has 4 rings (SSSR count). The Morgan fingerprint density at radius 2 is 1.45 bits per heavy atom. The molecule has 1 aliphatic rings. The Hall–Kier alpha value is -3.97. The number of imide groups is 1. The number of amides is 3. The standard InChI is InChI=1S/C23H15ClFN3O3/c24-19-20(23(31)28(22(19)30)18-12-8-15(25)9-13-18)26-17-10-6-14(7-11-17)21(29)27-16-4-2-1-3-5-16/h1-13,26H,(H,27,29). The van der Waals surface area contributed by atoms with Crippen LogP contribution in [0.15, 0.2) is 89.6 Å². The minimum absolute atomic E-state index is 0.0996. The van der Waals surface area contributed by atoms with E-state index in [9.17, 15) is 18.8 Å². The summed E-state index contributed by atoms with van der Waals surface area (Å²) in [7, 11) is 0. The summed E-state index contributed by atoms with van der Waals surface area (Å²) in [6, 6.07) is 20.3. The average molecular weight is 436 g/mol. The van der Waals surface area contributed by atoms with E-state index in [0.717, 1.165) is 17.0 Å². The highest BCUT2D eigenvalue weighted by Gasteiger charge is 2.38. The van der Waals surface area contributed by atoms with Crippen molar-refractivity contribution >= 4 is 46.4 Å². The van der Waals surface area contributed by atoms with E-state index in [1.807, 2.05) is 18.2 Å². The highest BCUT2D eigenvalue weighted by molar-refractivity contribution is 6.53. The first-order chi connectivity index (χ1) is 14.9. The van der Waals surface area contributed by atoms with Gasteiger partial charge >= 0.3 is 0 Å². The van der Waals surface area contributed by atoms with Gasteiger partial charge in [0.1, 0.15) is 16.5 Å². The van der Waals surface area contributed by atoms with Crippen LogP contribution in [0.3, 0.4) is 0 Å². The summed E-state index contributed by atoms with van der Waals surface area (Å²) in [5.74, 6) is -2.15. The lowest BCUT2D eigenvalue weighted by molar-refractivity contribution is -0.120. The van der Waals surface area contributed by atoms with Gasteiger partial charge in [-0.15, -0.1) is 0 Å². The molecule has 0 saturated carbocycles. The van der Waals surface area contributed by atoms with Gasteiger partial charge in [-0.3, -0.25) is 14.4 Å². The lowest BCUT2D eigenvalue weighted by atomic mass is 10.2. The third-order valence-electron chi connectivity index (χ3n) is 4.56. The Labute approximate surface area is 181 Å². The molecule has 0 saturated heterocycles. The number of carbonyl (C=O) groups is 3. The van der Waals surface area contributed by atoms with Gasteiger partial charge in [-0.25, -0.2) is 9.29 Å². The number of nitrogens with zero attached hydrogens (tertiary/aromatic N) is 1. The second kappa shape index (κ2) is 8.41. The van der Waals surface area contributed by atoms with Crippen LogP contribution in [0.2, 0.25) is 0 Å². The predicted molar refractivity (Wildman–Crippen MR) is 116 cm³/mol. The van der Waals surface area contributed by atoms with Crippen molar-refractivity contribution in [2.24, 2.45) is 0 Å². The summed E-state index contributed by atoms with van der Waals surface area (Å²) in [5.41, 5.74) is 1.65. The summed E-state index contributed by atoms with van der Waals surface area (Å²) in [5, 5.41) is 5.33. The molecular formula is C23H15ClFN3O3. The van der Waals surface area contributed by atoms with Gasteiger partial charge in [0, 0.05) is 16.9 Å². The molecule has 0 bridgehead atoms. The van der Waals surface area contributed by atoms with Crippen molar-refractivity contribution in [3.05, 3.63) is 101 Å². The van der Waals surface area contributed by atoms with Crippen molar-refractivity contribution in [2.75, 3.05) is 15.5 Å². The third kappa shape index (κ3) is 4.17. The first kappa shape index (κ1) is 20.3. The molecule has 0 radical (unpaired) electrons. The van der Waals surface area contributed by atoms with Crippen LogP contribution in [0, 0.1) is 5.82 Å². The average Bonchev–Trinajstić information content (AvgIpc) is 2.99. The lowest BCUT2D eigenvalue weighted by Gasteiger charge is -2.15. The van der Waals surface area contributed by atoms with Crippen molar-refractivity contribution in [2.45, 2.75) is 0 Å². The van der Waals surface area contributed by atoms with Crippen molar-refractivity contribution in [3.63, 3.8) is 0 Å². The Bertz CT molecular complexity index is 1190. The van der Waals surface area contributed by atoms with E-state index < -0.39 is 17.6 Å². The topological polar surface area (TPSA) is 78.5 Å². The molecule has 6 nitrogen and oxygen atoms in total. The zero-order valence-corrected chi connectivity index (χ0v) is 16.7. The monoisotopic (exact) mass is 435 g/mol. The first-order valence-corrected chi connectivity index (χ1v) is 9.59. The molecule has 0 fully saturated rings. The van der Waals surface area contributed by atoms with Gasteiger partial charge in [0.15, 0.2) is 0 Å². The molecule has 1 heterocycles. The number of carbonyl (C=O) groups excluding carboxylic acids is 3. The number of nitrogens with one attached hydrogen (secondary N) is 2. The van der Waals surface area contributed by atoms with Crippen molar-refractivity contribution in [1.29, 1.82) is 0 Å². The summed E-state index contributed by atoms with van der Waals surface area (Å²) in [6.45, 7) is 0. The molecule has 3 aromatic carbocycles. The highest BCUT2D eigenvalue weighted by Crippen LogP contribution is 2.30. The van der Waals surface area contributed by atoms with Gasteiger partial charge in [-0.2, -0.15) is 0 Å². The number of halogens is 2. The van der Waals surface area contributed by atoms with Crippen LogP contribution in [0.4, 0.5) is 21.5 Å². The smallest absolute Gasteiger partial charge is 0.283 e. The SMILES string of the molecule is O=C(Nc1ccccc1)c1ccc(NC2=C(Cl)C(=O)N(c3ccc(F)cc3)C2=O)cc1. The van der Waals surface area contributed by atoms with E-state index in [2.05, 4.69) is 10.6 Å². The maximum absolute atomic E-state index is 13.2. The van der Waals surface area contributed by atoms with Gasteiger partial charge in [-0.05, 0) is 60.7 Å². The fourth-order valence-corrected chi connectivity index (χ4v) is 3.22. The van der Waals surface area contributed by atoms with E-state index in [1.165, 1.54) is 12.1 Å². The van der Waals surface area contributed by atoms with Crippen LogP contribution >= 0.6 is 11.6 Å². The largest absolute Gasteiger partial charge is 0.350 e. The molecule has 0 aromatic heterocycles. The van der Waals surface area contributed by atoms with Gasteiger partial charge < -0.3 is 10.6 Å². The van der Waals surface area contributed by atoms with Crippen LogP contribution < -0.4 is 15.5 Å². The van der Waals surface area contributed by atoms with Crippen LogP contribution in [-0.2, 0) is 9.59 Å². The molecule has 0 atom stereocenters. The minimum Gasteiger partial charge on any atom is -0.350 e. The third-order valence-corrected chi connectivity index (χ3v) is 4.91. The van der Waals surface area contributed by atoms with E-state index in [4.69, 9.17) is 11.6 Å². The van der Waals surface area contributed by atoms with E-state index >= 15 is 0 Å². The van der Waals surface area contributed by atoms with Gasteiger partial charge in [0.05, 0.1) is 5.69 Å². The van der Waals surface area contributed by atoms with Crippen LogP contribution in [0.25, 0.3) is 0 Å². The van der Waals surface area contributed by atoms with Crippen LogP contribution in [0.5, 0.6) is 0 Å². The fourth-order valence-electron chi connectivity index (χ4n) is 3.01. The van der Waals surface area contributed by atoms with Crippen molar-refractivity contribution < 1.29 is 18.8 Å². The maximum Gasteiger partial charge on any atom is 0.283 e. The molecule has 31 heavy (non-hydrogen) atoms. The zero-order valence-electron chi connectivity index (χ0n) is 15.9. The van der Waals surface area contributed by atoms with E-state index in [0.29, 0.717) is 16.9 Å². The molecule has 0 aliphatic carbocycles. The molecule has 8 heteroatoms. The quantitative estimate of drug-likeness (QED) is 0.578. The highest BCUT2D eigenvalue weighted by atomic mass is 35.5. The number of para-hydroxylation sites is 1. The second-order valence-corrected chi connectivity index (χ2v) is 7.01. The number of hydrogen-bond donors (Lipinski definition) is 2. The van der Waals surface area contributed by atoms with Crippen molar-refractivity contribution in [3.8, 4) is 0 Å². The summed E-state index contributed by atoms with van der Waals surface area (Å²) in [6.07, 6.45) is 0. The van der Waals surface area contributed by atoms with Gasteiger partial charge in [-0.1, -0.05) is 29.8 Å². The fraction of sp³-hybridized carbons (Fsp3) is 0. The summed E-state index contributed by atoms with van der Waals surface area (Å²) in [4.78, 5) is 38.4. The van der Waals surface area contributed by atoms with E-state index in [-0.39, 0.29) is 22.3 Å². The molecule has 3 amide bonds. The normalized spacial score (nSPS) is 13.5. The molecule has 0 spiro atoms. The number of benzene rings is 3. The molecule has 2 N–H and O–H groups in total. The van der Waals surface area contributed by atoms with Gasteiger partial charge in [0.2, 0.25) is 0 Å². The number of anilines is 3. The number of rotatable bonds is 5. The van der Waals surface area contributed by atoms with Crippen LogP contribution in [-0.4, -0.2) is 17.7 Å². The predicted octanol–water partition coefficient (Wildman–Crippen LogP) is 4.51. The first-order valence-electron chi connectivity index (χ1n) is 9.21. The molecule has 154 valence electrons. The summed E-state index contributed by atoms with van der Waals surface area (Å²) >= 11 is 6.09. The minimum atomic E-state index is -0.709.